The molecule has 0 heterocycles. The minimum atomic E-state index is -0.520. The van der Waals surface area contributed by atoms with Crippen molar-refractivity contribution in [2.24, 2.45) is 4.99 Å². The van der Waals surface area contributed by atoms with Gasteiger partial charge in [0.15, 0.2) is 0 Å². The summed E-state index contributed by atoms with van der Waals surface area (Å²) in [5.41, 5.74) is 1.23. The molecule has 2 rings (SSSR count). The van der Waals surface area contributed by atoms with E-state index in [9.17, 15) is 15.2 Å². The van der Waals surface area contributed by atoms with Gasteiger partial charge in [-0.1, -0.05) is 23.7 Å². The highest BCUT2D eigenvalue weighted by molar-refractivity contribution is 6.30. The van der Waals surface area contributed by atoms with Crippen molar-refractivity contribution in [2.75, 3.05) is 0 Å². The molecule has 0 unspecified atom stereocenters. The van der Waals surface area contributed by atoms with Gasteiger partial charge < -0.3 is 5.11 Å². The molecule has 0 aliphatic carbocycles. The Morgan fingerprint density at radius 1 is 1.30 bits per heavy atom. The predicted octanol–water partition coefficient (Wildman–Crippen LogP) is 4.01. The molecule has 0 spiro atoms. The van der Waals surface area contributed by atoms with Crippen molar-refractivity contribution in [3.63, 3.8) is 0 Å². The number of aliphatic imine (C=N–C) groups is 1. The quantitative estimate of drug-likeness (QED) is 0.527. The summed E-state index contributed by atoms with van der Waals surface area (Å²) < 4.78 is 0. The van der Waals surface area contributed by atoms with Crippen LogP contribution in [0, 0.1) is 17.0 Å². The second-order valence-electron chi connectivity index (χ2n) is 4.20. The molecule has 0 aliphatic rings. The first-order valence-corrected chi connectivity index (χ1v) is 6.13. The minimum absolute atomic E-state index is 0.0687. The number of benzene rings is 2. The smallest absolute Gasteiger partial charge is 0.272 e. The molecule has 20 heavy (non-hydrogen) atoms. The molecule has 0 aliphatic heterocycles. The van der Waals surface area contributed by atoms with E-state index in [1.54, 1.807) is 31.2 Å². The van der Waals surface area contributed by atoms with Gasteiger partial charge in [-0.3, -0.25) is 15.1 Å². The van der Waals surface area contributed by atoms with E-state index in [2.05, 4.69) is 4.99 Å². The zero-order chi connectivity index (χ0) is 14.7. The molecule has 0 fully saturated rings. The van der Waals surface area contributed by atoms with Crippen LogP contribution < -0.4 is 0 Å². The predicted molar refractivity (Wildman–Crippen MR) is 78.2 cm³/mol. The molecule has 6 heteroatoms. The van der Waals surface area contributed by atoms with E-state index in [-0.39, 0.29) is 17.1 Å². The van der Waals surface area contributed by atoms with Crippen molar-refractivity contribution in [3.8, 4) is 5.75 Å². The van der Waals surface area contributed by atoms with E-state index in [4.69, 9.17) is 11.6 Å². The maximum absolute atomic E-state index is 10.8. The summed E-state index contributed by atoms with van der Waals surface area (Å²) >= 11 is 5.77. The Hall–Kier alpha value is -2.40. The largest absolute Gasteiger partial charge is 0.505 e. The topological polar surface area (TPSA) is 75.7 Å². The van der Waals surface area contributed by atoms with Crippen LogP contribution in [0.3, 0.4) is 0 Å². The van der Waals surface area contributed by atoms with Gasteiger partial charge >= 0.3 is 0 Å². The van der Waals surface area contributed by atoms with Gasteiger partial charge in [-0.25, -0.2) is 0 Å². The highest BCUT2D eigenvalue weighted by atomic mass is 35.5. The van der Waals surface area contributed by atoms with E-state index in [1.807, 2.05) is 0 Å². The molecular weight excluding hydrogens is 280 g/mol. The lowest BCUT2D eigenvalue weighted by Crippen LogP contribution is -1.89. The molecule has 0 bridgehead atoms. The Morgan fingerprint density at radius 3 is 2.55 bits per heavy atom. The van der Waals surface area contributed by atoms with E-state index in [1.165, 1.54) is 18.3 Å². The van der Waals surface area contributed by atoms with Crippen LogP contribution in [-0.2, 0) is 0 Å². The third-order valence-electron chi connectivity index (χ3n) is 2.70. The van der Waals surface area contributed by atoms with Gasteiger partial charge in [0, 0.05) is 23.4 Å². The van der Waals surface area contributed by atoms with Gasteiger partial charge in [0.25, 0.3) is 5.69 Å². The number of aromatic hydroxyl groups is 1. The number of non-ortho nitro benzene ring substituents is 1. The normalized spacial score (nSPS) is 10.9. The first-order chi connectivity index (χ1) is 9.47. The number of nitrogens with zero attached hydrogens (tertiary/aromatic N) is 2. The lowest BCUT2D eigenvalue weighted by atomic mass is 10.1. The Kier molecular flexibility index (Phi) is 4.00. The maximum Gasteiger partial charge on any atom is 0.272 e. The average molecular weight is 291 g/mol. The van der Waals surface area contributed by atoms with Crippen molar-refractivity contribution in [1.82, 2.24) is 0 Å². The fourth-order valence-electron chi connectivity index (χ4n) is 1.64. The van der Waals surface area contributed by atoms with Gasteiger partial charge in [0.05, 0.1) is 4.92 Å². The SMILES string of the molecule is Cc1cc([N+](=O)[O-])cc(N=Cc2ccc(Cl)cc2)c1O. The number of phenolic OH excluding ortho intramolecular Hbond substituents is 1. The summed E-state index contributed by atoms with van der Waals surface area (Å²) in [7, 11) is 0. The van der Waals surface area contributed by atoms with Crippen LogP contribution in [-0.4, -0.2) is 16.2 Å². The Labute approximate surface area is 120 Å². The van der Waals surface area contributed by atoms with Crippen LogP contribution in [0.1, 0.15) is 11.1 Å². The molecular formula is C14H11ClN2O3. The van der Waals surface area contributed by atoms with Crippen LogP contribution in [0.4, 0.5) is 11.4 Å². The molecule has 0 saturated heterocycles. The number of hydrogen-bond acceptors (Lipinski definition) is 4. The zero-order valence-corrected chi connectivity index (χ0v) is 11.3. The van der Waals surface area contributed by atoms with Gasteiger partial charge in [0.1, 0.15) is 11.4 Å². The summed E-state index contributed by atoms with van der Waals surface area (Å²) in [4.78, 5) is 14.4. The lowest BCUT2D eigenvalue weighted by molar-refractivity contribution is -0.384. The monoisotopic (exact) mass is 290 g/mol. The van der Waals surface area contributed by atoms with E-state index in [0.29, 0.717) is 10.6 Å². The Morgan fingerprint density at radius 2 is 1.95 bits per heavy atom. The van der Waals surface area contributed by atoms with Crippen molar-refractivity contribution >= 4 is 29.2 Å². The van der Waals surface area contributed by atoms with Crippen molar-refractivity contribution in [3.05, 3.63) is 62.7 Å². The molecule has 2 aromatic rings. The third kappa shape index (κ3) is 3.13. The van der Waals surface area contributed by atoms with Gasteiger partial charge in [0.2, 0.25) is 0 Å². The minimum Gasteiger partial charge on any atom is -0.505 e. The lowest BCUT2D eigenvalue weighted by Gasteiger charge is -2.03. The molecule has 0 saturated carbocycles. The molecule has 5 nitrogen and oxygen atoms in total. The van der Waals surface area contributed by atoms with Crippen LogP contribution >= 0.6 is 11.6 Å². The van der Waals surface area contributed by atoms with Crippen LogP contribution in [0.25, 0.3) is 0 Å². The fraction of sp³-hybridized carbons (Fsp3) is 0.0714. The third-order valence-corrected chi connectivity index (χ3v) is 2.95. The molecule has 2 aromatic carbocycles. The van der Waals surface area contributed by atoms with Gasteiger partial charge in [-0.05, 0) is 30.2 Å². The number of halogens is 1. The second-order valence-corrected chi connectivity index (χ2v) is 4.63. The molecule has 0 aromatic heterocycles. The Bertz CT molecular complexity index is 682. The highest BCUT2D eigenvalue weighted by Gasteiger charge is 2.12. The molecule has 0 radical (unpaired) electrons. The number of hydrogen-bond donors (Lipinski definition) is 1. The molecule has 1 N–H and O–H groups in total. The Balaban J connectivity index is 2.37. The number of aryl methyl sites for hydroxylation is 1. The number of nitro benzene ring substituents is 1. The van der Waals surface area contributed by atoms with Crippen molar-refractivity contribution < 1.29 is 10.0 Å². The summed E-state index contributed by atoms with van der Waals surface area (Å²) in [6.07, 6.45) is 1.51. The molecule has 102 valence electrons. The van der Waals surface area contributed by atoms with E-state index < -0.39 is 4.92 Å². The van der Waals surface area contributed by atoms with Crippen LogP contribution in [0.2, 0.25) is 5.02 Å². The zero-order valence-electron chi connectivity index (χ0n) is 10.6. The standard InChI is InChI=1S/C14H11ClN2O3/c1-9-6-12(17(19)20)7-13(14(9)18)16-8-10-2-4-11(15)5-3-10/h2-8,18H,1H3. The number of nitro groups is 1. The average Bonchev–Trinajstić information content (AvgIpc) is 2.42. The summed E-state index contributed by atoms with van der Waals surface area (Å²) in [6, 6.07) is 9.47. The van der Waals surface area contributed by atoms with Crippen molar-refractivity contribution in [1.29, 1.82) is 0 Å². The number of rotatable bonds is 3. The van der Waals surface area contributed by atoms with Crippen LogP contribution in [0.15, 0.2) is 41.4 Å². The second kappa shape index (κ2) is 5.71. The first-order valence-electron chi connectivity index (χ1n) is 5.75. The van der Waals surface area contributed by atoms with Gasteiger partial charge in [-0.15, -0.1) is 0 Å². The van der Waals surface area contributed by atoms with E-state index >= 15 is 0 Å². The van der Waals surface area contributed by atoms with Crippen molar-refractivity contribution in [2.45, 2.75) is 6.92 Å². The summed E-state index contributed by atoms with van der Waals surface area (Å²) in [6.45, 7) is 1.59. The first kappa shape index (κ1) is 14.0. The highest BCUT2D eigenvalue weighted by Crippen LogP contribution is 2.34. The fourth-order valence-corrected chi connectivity index (χ4v) is 1.77. The molecule has 0 amide bonds. The summed E-state index contributed by atoms with van der Waals surface area (Å²) in [5.74, 6) is -0.0687. The van der Waals surface area contributed by atoms with E-state index in [0.717, 1.165) is 5.56 Å². The maximum atomic E-state index is 10.8. The summed E-state index contributed by atoms with van der Waals surface area (Å²) in [5, 5.41) is 21.3. The van der Waals surface area contributed by atoms with Crippen LogP contribution in [0.5, 0.6) is 5.75 Å². The van der Waals surface area contributed by atoms with Gasteiger partial charge in [-0.2, -0.15) is 0 Å². The number of phenols is 1. The molecule has 0 atom stereocenters.